The van der Waals surface area contributed by atoms with E-state index in [0.29, 0.717) is 9.75 Å². The third kappa shape index (κ3) is 5.76. The van der Waals surface area contributed by atoms with Crippen LogP contribution in [0.25, 0.3) is 75.5 Å². The summed E-state index contributed by atoms with van der Waals surface area (Å²) in [6.45, 7) is 0. The lowest BCUT2D eigenvalue weighted by Gasteiger charge is -2.10. The number of alkyl halides is 6. The minimum Gasteiger partial charge on any atom is -0.165 e. The fourth-order valence-electron chi connectivity index (χ4n) is 6.10. The molecule has 48 heavy (non-hydrogen) atoms. The second kappa shape index (κ2) is 11.4. The van der Waals surface area contributed by atoms with Crippen LogP contribution in [0.2, 0.25) is 0 Å². The first-order valence-electron chi connectivity index (χ1n) is 14.9. The maximum atomic E-state index is 13.2. The third-order valence-corrected chi connectivity index (χ3v) is 10.8. The number of halogens is 6. The average Bonchev–Trinajstić information content (AvgIpc) is 3.78. The summed E-state index contributed by atoms with van der Waals surface area (Å²) in [4.78, 5) is -0.0847. The van der Waals surface area contributed by atoms with Crippen LogP contribution in [0.15, 0.2) is 133 Å². The number of fused-ring (bicyclic) bond motifs is 3. The zero-order valence-electron chi connectivity index (χ0n) is 24.8. The number of hydrogen-bond donors (Lipinski definition) is 0. The summed E-state index contributed by atoms with van der Waals surface area (Å²) in [6.07, 6.45) is -8.72. The summed E-state index contributed by atoms with van der Waals surface area (Å²) < 4.78 is 79.0. The minimum atomic E-state index is -4.36. The standard InChI is InChI=1S/C40H22F6S2/c41-39(42,43)37-13-11-35(47-37)29-5-1-3-23(15-29)25-7-9-27-19-34-22-32-18-26(8-10-28(32)20-33(34)21-31(27)17-25)24-4-2-6-30(16-24)36-12-14-38(48-36)40(44,45)46/h1-22H. The Balaban J connectivity index is 1.12. The molecule has 0 aliphatic rings. The second-order valence-electron chi connectivity index (χ2n) is 11.7. The molecule has 8 aromatic rings. The maximum Gasteiger partial charge on any atom is 0.425 e. The first kappa shape index (κ1) is 30.4. The van der Waals surface area contributed by atoms with Crippen LogP contribution in [-0.4, -0.2) is 0 Å². The first-order chi connectivity index (χ1) is 23.0. The molecule has 8 rings (SSSR count). The summed E-state index contributed by atoms with van der Waals surface area (Å²) in [5, 5.41) is 6.38. The fourth-order valence-corrected chi connectivity index (χ4v) is 7.84. The smallest absolute Gasteiger partial charge is 0.165 e. The largest absolute Gasteiger partial charge is 0.425 e. The predicted octanol–water partition coefficient (Wildman–Crippen LogP) is 14.0. The molecule has 0 aliphatic heterocycles. The number of rotatable bonds is 4. The highest BCUT2D eigenvalue weighted by Gasteiger charge is 2.33. The van der Waals surface area contributed by atoms with E-state index in [9.17, 15) is 26.3 Å². The van der Waals surface area contributed by atoms with Crippen molar-refractivity contribution in [2.24, 2.45) is 0 Å². The highest BCUT2D eigenvalue weighted by molar-refractivity contribution is 7.15. The highest BCUT2D eigenvalue weighted by Crippen LogP contribution is 2.41. The van der Waals surface area contributed by atoms with Crippen molar-refractivity contribution in [3.63, 3.8) is 0 Å². The van der Waals surface area contributed by atoms with E-state index in [0.717, 1.165) is 101 Å². The van der Waals surface area contributed by atoms with Crippen molar-refractivity contribution >= 4 is 55.0 Å². The minimum absolute atomic E-state index is 0.570. The summed E-state index contributed by atoms with van der Waals surface area (Å²) in [7, 11) is 0. The van der Waals surface area contributed by atoms with E-state index in [1.165, 1.54) is 12.1 Å². The van der Waals surface area contributed by atoms with E-state index < -0.39 is 22.1 Å². The van der Waals surface area contributed by atoms with Gasteiger partial charge in [0.2, 0.25) is 0 Å². The van der Waals surface area contributed by atoms with Crippen molar-refractivity contribution in [2.75, 3.05) is 0 Å². The molecule has 0 spiro atoms. The third-order valence-electron chi connectivity index (χ3n) is 8.48. The average molecular weight is 681 g/mol. The normalized spacial score (nSPS) is 12.4. The molecular weight excluding hydrogens is 659 g/mol. The fraction of sp³-hybridized carbons (Fsp3) is 0.0500. The predicted molar refractivity (Wildman–Crippen MR) is 186 cm³/mol. The van der Waals surface area contributed by atoms with Crippen molar-refractivity contribution in [2.45, 2.75) is 12.4 Å². The van der Waals surface area contributed by atoms with Crippen LogP contribution in [0.3, 0.4) is 0 Å². The van der Waals surface area contributed by atoms with E-state index in [1.807, 2.05) is 60.7 Å². The van der Waals surface area contributed by atoms with E-state index in [2.05, 4.69) is 48.5 Å². The van der Waals surface area contributed by atoms with Gasteiger partial charge in [-0.25, -0.2) is 0 Å². The molecule has 0 bridgehead atoms. The lowest BCUT2D eigenvalue weighted by Crippen LogP contribution is -2.00. The Bertz CT molecular complexity index is 2320. The summed E-state index contributed by atoms with van der Waals surface area (Å²) >= 11 is 1.49. The monoisotopic (exact) mass is 680 g/mol. The van der Waals surface area contributed by atoms with E-state index in [1.54, 1.807) is 0 Å². The summed E-state index contributed by atoms with van der Waals surface area (Å²) in [5.41, 5.74) is 5.28. The lowest BCUT2D eigenvalue weighted by atomic mass is 9.95. The molecule has 2 aromatic heterocycles. The van der Waals surface area contributed by atoms with Crippen molar-refractivity contribution in [1.29, 1.82) is 0 Å². The first-order valence-corrected chi connectivity index (χ1v) is 16.6. The van der Waals surface area contributed by atoms with E-state index in [4.69, 9.17) is 0 Å². The van der Waals surface area contributed by atoms with Crippen LogP contribution in [0.4, 0.5) is 26.3 Å². The zero-order chi connectivity index (χ0) is 33.2. The van der Waals surface area contributed by atoms with Gasteiger partial charge in [0.1, 0.15) is 9.75 Å². The second-order valence-corrected chi connectivity index (χ2v) is 13.8. The van der Waals surface area contributed by atoms with Crippen LogP contribution in [0, 0.1) is 0 Å². The van der Waals surface area contributed by atoms with Gasteiger partial charge in [-0.05, 0) is 138 Å². The van der Waals surface area contributed by atoms with Gasteiger partial charge in [0.25, 0.3) is 0 Å². The molecule has 0 N–H and O–H groups in total. The Morgan fingerprint density at radius 3 is 1.06 bits per heavy atom. The molecule has 0 aliphatic carbocycles. The van der Waals surface area contributed by atoms with E-state index >= 15 is 0 Å². The Kier molecular flexibility index (Phi) is 7.20. The number of benzene rings is 6. The van der Waals surface area contributed by atoms with Crippen molar-refractivity contribution in [3.05, 3.63) is 143 Å². The molecule has 0 fully saturated rings. The highest BCUT2D eigenvalue weighted by atomic mass is 32.1. The quantitative estimate of drug-likeness (QED) is 0.128. The molecule has 0 atom stereocenters. The van der Waals surface area contributed by atoms with Crippen LogP contribution in [0.5, 0.6) is 0 Å². The Morgan fingerprint density at radius 1 is 0.312 bits per heavy atom. The molecule has 0 amide bonds. The van der Waals surface area contributed by atoms with Gasteiger partial charge in [0, 0.05) is 9.75 Å². The maximum absolute atomic E-state index is 13.2. The molecule has 8 heteroatoms. The summed E-state index contributed by atoms with van der Waals surface area (Å²) in [5.74, 6) is 0. The van der Waals surface area contributed by atoms with Crippen LogP contribution < -0.4 is 0 Å². The van der Waals surface area contributed by atoms with Crippen molar-refractivity contribution in [3.8, 4) is 43.1 Å². The Morgan fingerprint density at radius 2 is 0.667 bits per heavy atom. The molecule has 6 aromatic carbocycles. The molecule has 0 radical (unpaired) electrons. The van der Waals surface area contributed by atoms with Gasteiger partial charge in [-0.3, -0.25) is 0 Å². The summed E-state index contributed by atoms with van der Waals surface area (Å²) in [6, 6.07) is 41.4. The molecular formula is C40H22F6S2. The van der Waals surface area contributed by atoms with Gasteiger partial charge in [-0.1, -0.05) is 60.7 Å². The SMILES string of the molecule is FC(F)(F)c1ccc(-c2cccc(-c3ccc4cc5cc6cc(-c7cccc(-c8ccc(C(F)(F)F)s8)c7)ccc6cc5cc4c3)c2)s1. The van der Waals surface area contributed by atoms with Gasteiger partial charge >= 0.3 is 12.4 Å². The van der Waals surface area contributed by atoms with Crippen LogP contribution in [0.1, 0.15) is 9.75 Å². The van der Waals surface area contributed by atoms with Crippen molar-refractivity contribution in [1.82, 2.24) is 0 Å². The van der Waals surface area contributed by atoms with Crippen LogP contribution >= 0.6 is 22.7 Å². The van der Waals surface area contributed by atoms with Gasteiger partial charge in [-0.15, -0.1) is 22.7 Å². The zero-order valence-corrected chi connectivity index (χ0v) is 26.4. The topological polar surface area (TPSA) is 0 Å². The molecule has 0 nitrogen and oxygen atoms in total. The van der Waals surface area contributed by atoms with Gasteiger partial charge in [0.05, 0.1) is 0 Å². The molecule has 236 valence electrons. The van der Waals surface area contributed by atoms with Gasteiger partial charge in [-0.2, -0.15) is 26.3 Å². The Hall–Kier alpha value is -4.92. The molecule has 0 saturated carbocycles. The number of thiophene rings is 2. The molecule has 0 unspecified atom stereocenters. The lowest BCUT2D eigenvalue weighted by molar-refractivity contribution is -0.135. The van der Waals surface area contributed by atoms with Gasteiger partial charge in [0.15, 0.2) is 0 Å². The molecule has 2 heterocycles. The van der Waals surface area contributed by atoms with E-state index in [-0.39, 0.29) is 0 Å². The van der Waals surface area contributed by atoms with Gasteiger partial charge < -0.3 is 0 Å². The Labute approximate surface area is 279 Å². The van der Waals surface area contributed by atoms with Crippen LogP contribution in [-0.2, 0) is 12.4 Å². The molecule has 0 saturated heterocycles. The number of hydrogen-bond acceptors (Lipinski definition) is 2. The van der Waals surface area contributed by atoms with Crippen molar-refractivity contribution < 1.29 is 26.3 Å².